The third kappa shape index (κ3) is 40.7. The van der Waals surface area contributed by atoms with Gasteiger partial charge in [-0.15, -0.1) is 0 Å². The van der Waals surface area contributed by atoms with Crippen LogP contribution >= 0.6 is 0 Å². The minimum absolute atomic E-state index is 0.250. The average molecular weight is 1400 g/mol. The van der Waals surface area contributed by atoms with Crippen molar-refractivity contribution in [2.75, 3.05) is 26.4 Å². The molecule has 12 N–H and O–H groups in total. The third-order valence-electron chi connectivity index (χ3n) is 20.8. The van der Waals surface area contributed by atoms with E-state index >= 15 is 0 Å². The first-order valence-corrected chi connectivity index (χ1v) is 40.9. The van der Waals surface area contributed by atoms with E-state index < -0.39 is 124 Å². The van der Waals surface area contributed by atoms with Crippen molar-refractivity contribution in [1.82, 2.24) is 5.32 Å². The third-order valence-corrected chi connectivity index (χ3v) is 20.8. The van der Waals surface area contributed by atoms with Gasteiger partial charge in [0.2, 0.25) is 5.91 Å². The molecule has 0 aliphatic carbocycles. The van der Waals surface area contributed by atoms with Crippen LogP contribution in [0, 0.1) is 0 Å². The zero-order valence-electron chi connectivity index (χ0n) is 62.1. The van der Waals surface area contributed by atoms with Crippen LogP contribution in [0.3, 0.4) is 0 Å². The molecule has 580 valence electrons. The second kappa shape index (κ2) is 60.8. The van der Waals surface area contributed by atoms with E-state index in [4.69, 9.17) is 28.4 Å². The number of ether oxygens (including phenoxy) is 6. The fourth-order valence-corrected chi connectivity index (χ4v) is 14.3. The van der Waals surface area contributed by atoms with Gasteiger partial charge in [0.05, 0.1) is 38.6 Å². The fourth-order valence-electron chi connectivity index (χ4n) is 14.3. The van der Waals surface area contributed by atoms with Gasteiger partial charge in [0, 0.05) is 6.42 Å². The molecule has 19 heteroatoms. The van der Waals surface area contributed by atoms with Crippen molar-refractivity contribution in [2.45, 2.75) is 458 Å². The quantitative estimate of drug-likeness (QED) is 0.0199. The summed E-state index contributed by atoms with van der Waals surface area (Å²) in [7, 11) is 0. The number of amides is 1. The maximum Gasteiger partial charge on any atom is 0.220 e. The molecular formula is C79H151NO18. The van der Waals surface area contributed by atoms with E-state index in [0.717, 1.165) is 44.9 Å². The summed E-state index contributed by atoms with van der Waals surface area (Å²) in [6.45, 7) is 1.80. The standard InChI is InChI=1S/C79H151NO18/c1-3-5-7-9-11-13-15-17-19-21-23-25-26-27-28-29-30-31-32-33-34-35-36-37-38-40-42-44-46-48-50-52-54-56-63(84)62(80-67(85)57-55-53-51-49-47-45-43-41-39-24-22-20-18-16-14-12-10-8-6-4-2)61-93-77-73(91)70(88)75(65(59-82)95-77)98-79-74(92)71(89)76(66(60-83)96-79)97-78-72(90)69(87)68(86)64(58-81)94-78/h54,56,62-66,68-79,81-84,86-92H,3-53,55,57-61H2,1-2H3,(H,80,85)/b56-54+. The number of rotatable bonds is 66. The SMILES string of the molecule is CCCCCCCCCCCCCCCCCCCCCCCCCCCCCCCCC/C=C/C(O)C(COC1OC(CO)C(OC2OC(CO)C(OC3OC(CO)C(O)C(O)C3O)C(O)C2O)C(O)C1O)NC(=O)CCCCCCCCCCCCCCCCCCCCCC. The van der Waals surface area contributed by atoms with Crippen molar-refractivity contribution in [3.05, 3.63) is 12.2 Å². The van der Waals surface area contributed by atoms with Crippen molar-refractivity contribution in [2.24, 2.45) is 0 Å². The highest BCUT2D eigenvalue weighted by Crippen LogP contribution is 2.33. The van der Waals surface area contributed by atoms with Gasteiger partial charge in [0.25, 0.3) is 0 Å². The molecular weight excluding hydrogens is 1250 g/mol. The van der Waals surface area contributed by atoms with Crippen LogP contribution in [0.15, 0.2) is 12.2 Å². The van der Waals surface area contributed by atoms with Gasteiger partial charge in [-0.3, -0.25) is 4.79 Å². The lowest BCUT2D eigenvalue weighted by Gasteiger charge is -2.48. The molecule has 98 heavy (non-hydrogen) atoms. The monoisotopic (exact) mass is 1400 g/mol. The van der Waals surface area contributed by atoms with Crippen LogP contribution in [-0.2, 0) is 33.2 Å². The lowest BCUT2D eigenvalue weighted by atomic mass is 9.96. The highest BCUT2D eigenvalue weighted by atomic mass is 16.8. The van der Waals surface area contributed by atoms with E-state index in [2.05, 4.69) is 19.2 Å². The summed E-state index contributed by atoms with van der Waals surface area (Å²) in [5.41, 5.74) is 0. The predicted molar refractivity (Wildman–Crippen MR) is 388 cm³/mol. The van der Waals surface area contributed by atoms with Crippen molar-refractivity contribution < 1.29 is 89.4 Å². The summed E-state index contributed by atoms with van der Waals surface area (Å²) in [5.74, 6) is -0.267. The molecule has 3 heterocycles. The molecule has 17 unspecified atom stereocenters. The number of unbranched alkanes of at least 4 members (excludes halogenated alkanes) is 50. The van der Waals surface area contributed by atoms with Crippen LogP contribution in [0.25, 0.3) is 0 Å². The average Bonchev–Trinajstić information content (AvgIpc) is 0.784. The minimum Gasteiger partial charge on any atom is -0.394 e. The number of hydrogen-bond donors (Lipinski definition) is 12. The molecule has 0 saturated carbocycles. The summed E-state index contributed by atoms with van der Waals surface area (Å²) >= 11 is 0. The van der Waals surface area contributed by atoms with E-state index in [-0.39, 0.29) is 18.9 Å². The molecule has 1 amide bonds. The molecule has 0 aromatic carbocycles. The molecule has 3 saturated heterocycles. The maximum atomic E-state index is 13.5. The van der Waals surface area contributed by atoms with Crippen LogP contribution in [0.4, 0.5) is 0 Å². The van der Waals surface area contributed by atoms with Gasteiger partial charge < -0.3 is 89.9 Å². The Hall–Kier alpha value is -1.47. The zero-order valence-corrected chi connectivity index (χ0v) is 62.1. The number of allylic oxidation sites excluding steroid dienone is 1. The van der Waals surface area contributed by atoms with E-state index in [9.17, 15) is 61.0 Å². The van der Waals surface area contributed by atoms with Crippen LogP contribution < -0.4 is 5.32 Å². The Morgan fingerprint density at radius 2 is 0.633 bits per heavy atom. The highest BCUT2D eigenvalue weighted by molar-refractivity contribution is 5.76. The van der Waals surface area contributed by atoms with E-state index in [1.807, 2.05) is 6.08 Å². The zero-order chi connectivity index (χ0) is 71.1. The Morgan fingerprint density at radius 1 is 0.357 bits per heavy atom. The van der Waals surface area contributed by atoms with E-state index in [0.29, 0.717) is 6.42 Å². The van der Waals surface area contributed by atoms with Crippen LogP contribution in [0.2, 0.25) is 0 Å². The largest absolute Gasteiger partial charge is 0.394 e. The first-order valence-electron chi connectivity index (χ1n) is 40.9. The molecule has 0 bridgehead atoms. The van der Waals surface area contributed by atoms with Crippen molar-refractivity contribution in [1.29, 1.82) is 0 Å². The van der Waals surface area contributed by atoms with Crippen molar-refractivity contribution >= 4 is 5.91 Å². The summed E-state index contributed by atoms with van der Waals surface area (Å²) in [6.07, 6.45) is 45.0. The van der Waals surface area contributed by atoms with Gasteiger partial charge in [0.1, 0.15) is 73.2 Å². The second-order valence-corrected chi connectivity index (χ2v) is 29.6. The fraction of sp³-hybridized carbons (Fsp3) is 0.962. The van der Waals surface area contributed by atoms with Gasteiger partial charge in [-0.2, -0.15) is 0 Å². The van der Waals surface area contributed by atoms with Crippen LogP contribution in [0.1, 0.15) is 354 Å². The maximum absolute atomic E-state index is 13.5. The Balaban J connectivity index is 1.35. The molecule has 3 fully saturated rings. The Morgan fingerprint density at radius 3 is 0.959 bits per heavy atom. The molecule has 17 atom stereocenters. The number of aliphatic hydroxyl groups excluding tert-OH is 11. The van der Waals surface area contributed by atoms with Crippen molar-refractivity contribution in [3.8, 4) is 0 Å². The Kier molecular flexibility index (Phi) is 56.3. The van der Waals surface area contributed by atoms with E-state index in [1.54, 1.807) is 6.08 Å². The molecule has 3 aliphatic heterocycles. The molecule has 3 rings (SSSR count). The smallest absolute Gasteiger partial charge is 0.220 e. The second-order valence-electron chi connectivity index (χ2n) is 29.6. The van der Waals surface area contributed by atoms with Crippen LogP contribution in [0.5, 0.6) is 0 Å². The molecule has 0 radical (unpaired) electrons. The molecule has 0 spiro atoms. The van der Waals surface area contributed by atoms with Gasteiger partial charge >= 0.3 is 0 Å². The summed E-state index contributed by atoms with van der Waals surface area (Å²) in [5, 5.41) is 121. The topological polar surface area (TPSA) is 307 Å². The molecule has 3 aliphatic rings. The number of carbonyl (C=O) groups is 1. The minimum atomic E-state index is -1.98. The summed E-state index contributed by atoms with van der Waals surface area (Å²) < 4.78 is 34.5. The predicted octanol–water partition coefficient (Wildman–Crippen LogP) is 13.6. The van der Waals surface area contributed by atoms with E-state index in [1.165, 1.54) is 283 Å². The lowest BCUT2D eigenvalue weighted by molar-refractivity contribution is -0.379. The molecule has 0 aromatic rings. The number of nitrogens with one attached hydrogen (secondary N) is 1. The number of aliphatic hydroxyl groups is 11. The molecule has 19 nitrogen and oxygen atoms in total. The molecule has 0 aromatic heterocycles. The van der Waals surface area contributed by atoms with Crippen LogP contribution in [-0.4, -0.2) is 193 Å². The first kappa shape index (κ1) is 90.7. The Labute approximate surface area is 595 Å². The van der Waals surface area contributed by atoms with Gasteiger partial charge in [-0.1, -0.05) is 341 Å². The van der Waals surface area contributed by atoms with Crippen molar-refractivity contribution in [3.63, 3.8) is 0 Å². The number of hydrogen-bond acceptors (Lipinski definition) is 18. The van der Waals surface area contributed by atoms with Gasteiger partial charge in [-0.25, -0.2) is 0 Å². The first-order chi connectivity index (χ1) is 47.8. The van der Waals surface area contributed by atoms with Gasteiger partial charge in [-0.05, 0) is 19.3 Å². The lowest BCUT2D eigenvalue weighted by Crippen LogP contribution is -2.66. The van der Waals surface area contributed by atoms with Gasteiger partial charge in [0.15, 0.2) is 18.9 Å². The summed E-state index contributed by atoms with van der Waals surface area (Å²) in [4.78, 5) is 13.5. The normalized spacial score (nSPS) is 26.7. The number of carbonyl (C=O) groups excluding carboxylic acids is 1. The highest BCUT2D eigenvalue weighted by Gasteiger charge is 2.54. The Bertz CT molecular complexity index is 1820. The summed E-state index contributed by atoms with van der Waals surface area (Å²) in [6, 6.07) is -0.970.